The molecule has 10 heteroatoms. The molecule has 0 aliphatic carbocycles. The summed E-state index contributed by atoms with van der Waals surface area (Å²) in [5.41, 5.74) is 1.67. The molecular weight excluding hydrogens is 458 g/mol. The van der Waals surface area contributed by atoms with Crippen molar-refractivity contribution in [3.63, 3.8) is 0 Å². The fraction of sp³-hybridized carbons (Fsp3) is 0.333. The van der Waals surface area contributed by atoms with E-state index in [0.29, 0.717) is 22.2 Å². The summed E-state index contributed by atoms with van der Waals surface area (Å²) < 4.78 is 37.8. The lowest BCUT2D eigenvalue weighted by atomic mass is 10.0. The average molecular weight is 488 g/mol. The normalized spacial score (nSPS) is 14.6. The van der Waals surface area contributed by atoms with Crippen molar-refractivity contribution in [2.75, 3.05) is 25.5 Å². The molecule has 0 spiro atoms. The molecule has 0 radical (unpaired) electrons. The van der Waals surface area contributed by atoms with Gasteiger partial charge in [-0.2, -0.15) is 17.0 Å². The van der Waals surface area contributed by atoms with Crippen LogP contribution in [0.2, 0.25) is 0 Å². The first kappa shape index (κ1) is 25.3. The summed E-state index contributed by atoms with van der Waals surface area (Å²) in [5, 5.41) is 2.67. The van der Waals surface area contributed by atoms with E-state index in [9.17, 15) is 18.0 Å². The molecule has 182 valence electrons. The first-order valence-corrected chi connectivity index (χ1v) is 12.2. The van der Waals surface area contributed by atoms with Crippen LogP contribution in [0.3, 0.4) is 0 Å². The molecule has 2 amide bonds. The number of amides is 2. The van der Waals surface area contributed by atoms with Gasteiger partial charge in [-0.25, -0.2) is 9.59 Å². The first-order chi connectivity index (χ1) is 16.0. The van der Waals surface area contributed by atoms with Gasteiger partial charge in [0.25, 0.3) is 0 Å². The van der Waals surface area contributed by atoms with E-state index < -0.39 is 28.0 Å². The van der Waals surface area contributed by atoms with Crippen LogP contribution >= 0.6 is 0 Å². The summed E-state index contributed by atoms with van der Waals surface area (Å²) in [5.74, 6) is 0.445. The minimum atomic E-state index is -4.00. The molecule has 1 heterocycles. The molecule has 0 aromatic heterocycles. The van der Waals surface area contributed by atoms with Gasteiger partial charge in [0.2, 0.25) is 0 Å². The van der Waals surface area contributed by atoms with E-state index in [-0.39, 0.29) is 13.1 Å². The number of nitrogens with zero attached hydrogens (tertiary/aromatic N) is 2. The third kappa shape index (κ3) is 6.58. The maximum atomic E-state index is 12.8. The van der Waals surface area contributed by atoms with Gasteiger partial charge in [-0.05, 0) is 62.6 Å². The monoisotopic (exact) mass is 487 g/mol. The van der Waals surface area contributed by atoms with Gasteiger partial charge in [-0.15, -0.1) is 0 Å². The summed E-state index contributed by atoms with van der Waals surface area (Å²) >= 11 is 0. The van der Waals surface area contributed by atoms with Gasteiger partial charge in [0, 0.05) is 25.8 Å². The second-order valence-electron chi connectivity index (χ2n) is 8.70. The molecule has 1 aliphatic rings. The number of anilines is 1. The smallest absolute Gasteiger partial charge is 0.424 e. The average Bonchev–Trinajstić information content (AvgIpc) is 2.78. The molecule has 0 bridgehead atoms. The molecule has 0 unspecified atom stereocenters. The molecule has 9 nitrogen and oxygen atoms in total. The van der Waals surface area contributed by atoms with Crippen LogP contribution in [0.1, 0.15) is 32.8 Å². The van der Waals surface area contributed by atoms with Crippen molar-refractivity contribution >= 4 is 33.7 Å². The minimum absolute atomic E-state index is 0.133. The maximum absolute atomic E-state index is 12.8. The first-order valence-electron chi connectivity index (χ1n) is 10.8. The van der Waals surface area contributed by atoms with Crippen LogP contribution in [0, 0.1) is 0 Å². The van der Waals surface area contributed by atoms with Crippen molar-refractivity contribution in [3.05, 3.63) is 66.2 Å². The Hall–Kier alpha value is -3.37. The third-order valence-electron chi connectivity index (χ3n) is 4.95. The summed E-state index contributed by atoms with van der Waals surface area (Å²) in [7, 11) is -2.81. The molecule has 34 heavy (non-hydrogen) atoms. The van der Waals surface area contributed by atoms with Crippen molar-refractivity contribution in [2.24, 2.45) is 0 Å². The molecule has 1 N–H and O–H groups in total. The van der Waals surface area contributed by atoms with Crippen LogP contribution in [0.15, 0.2) is 60.7 Å². The standard InChI is InChI=1S/C24H29N3O6S/c1-24(2,3)33-23(29)26(4)34(30,31)27-16-14-19(15-17-27)18-10-12-20(13-11-18)25-22(28)32-21-8-6-5-7-9-21/h5-14H,15-17H2,1-4H3,(H,25,28). The van der Waals surface area contributed by atoms with E-state index in [2.05, 4.69) is 5.32 Å². The Morgan fingerprint density at radius 1 is 1.03 bits per heavy atom. The predicted molar refractivity (Wildman–Crippen MR) is 130 cm³/mol. The molecule has 0 saturated heterocycles. The number of hydrogen-bond donors (Lipinski definition) is 1. The zero-order valence-electron chi connectivity index (χ0n) is 19.6. The van der Waals surface area contributed by atoms with Gasteiger partial charge in [-0.1, -0.05) is 36.4 Å². The molecule has 3 rings (SSSR count). The number of para-hydroxylation sites is 1. The number of benzene rings is 2. The number of carbonyl (C=O) groups is 2. The molecule has 0 saturated carbocycles. The van der Waals surface area contributed by atoms with Gasteiger partial charge >= 0.3 is 22.4 Å². The number of hydrogen-bond acceptors (Lipinski definition) is 6. The topological polar surface area (TPSA) is 105 Å². The SMILES string of the molecule is CN(C(=O)OC(C)(C)C)S(=O)(=O)N1CC=C(c2ccc(NC(=O)Oc3ccccc3)cc2)CC1. The Bertz CT molecular complexity index is 1160. The minimum Gasteiger partial charge on any atom is -0.443 e. The summed E-state index contributed by atoms with van der Waals surface area (Å²) in [4.78, 5) is 24.2. The predicted octanol–water partition coefficient (Wildman–Crippen LogP) is 4.50. The van der Waals surface area contributed by atoms with E-state index in [4.69, 9.17) is 9.47 Å². The van der Waals surface area contributed by atoms with Gasteiger partial charge in [0.1, 0.15) is 11.4 Å². The highest BCUT2D eigenvalue weighted by Gasteiger charge is 2.34. The fourth-order valence-corrected chi connectivity index (χ4v) is 4.38. The van der Waals surface area contributed by atoms with E-state index in [0.717, 1.165) is 11.1 Å². The van der Waals surface area contributed by atoms with Crippen molar-refractivity contribution in [3.8, 4) is 5.75 Å². The van der Waals surface area contributed by atoms with Crippen LogP contribution in [0.5, 0.6) is 5.75 Å². The number of ether oxygens (including phenoxy) is 2. The largest absolute Gasteiger partial charge is 0.443 e. The molecule has 0 atom stereocenters. The Labute approximate surface area is 200 Å². The van der Waals surface area contributed by atoms with Crippen LogP contribution < -0.4 is 10.1 Å². The van der Waals surface area contributed by atoms with Gasteiger partial charge < -0.3 is 9.47 Å². The van der Waals surface area contributed by atoms with Gasteiger partial charge in [-0.3, -0.25) is 5.32 Å². The van der Waals surface area contributed by atoms with E-state index in [1.165, 1.54) is 11.4 Å². The molecule has 2 aromatic carbocycles. The summed E-state index contributed by atoms with van der Waals surface area (Å²) in [6, 6.07) is 16.0. The zero-order valence-corrected chi connectivity index (χ0v) is 20.5. The second-order valence-corrected chi connectivity index (χ2v) is 10.7. The van der Waals surface area contributed by atoms with Crippen LogP contribution in [-0.4, -0.2) is 55.0 Å². The maximum Gasteiger partial charge on any atom is 0.424 e. The van der Waals surface area contributed by atoms with Crippen molar-refractivity contribution in [2.45, 2.75) is 32.8 Å². The number of nitrogens with one attached hydrogen (secondary N) is 1. The fourth-order valence-electron chi connectivity index (χ4n) is 3.22. The Morgan fingerprint density at radius 3 is 2.24 bits per heavy atom. The van der Waals surface area contributed by atoms with Crippen molar-refractivity contribution in [1.29, 1.82) is 0 Å². The summed E-state index contributed by atoms with van der Waals surface area (Å²) in [6.45, 7) is 5.38. The lowest BCUT2D eigenvalue weighted by Gasteiger charge is -2.31. The Balaban J connectivity index is 1.59. The van der Waals surface area contributed by atoms with Crippen LogP contribution in [0.25, 0.3) is 5.57 Å². The van der Waals surface area contributed by atoms with Gasteiger partial charge in [0.05, 0.1) is 0 Å². The molecular formula is C24H29N3O6S. The van der Waals surface area contributed by atoms with Gasteiger partial charge in [0.15, 0.2) is 0 Å². The summed E-state index contributed by atoms with van der Waals surface area (Å²) in [6.07, 6.45) is 0.780. The van der Waals surface area contributed by atoms with E-state index in [1.807, 2.05) is 24.3 Å². The highest BCUT2D eigenvalue weighted by atomic mass is 32.2. The van der Waals surface area contributed by atoms with E-state index >= 15 is 0 Å². The molecule has 2 aromatic rings. The highest BCUT2D eigenvalue weighted by molar-refractivity contribution is 7.87. The van der Waals surface area contributed by atoms with Crippen molar-refractivity contribution < 1.29 is 27.5 Å². The lowest BCUT2D eigenvalue weighted by molar-refractivity contribution is 0.0412. The van der Waals surface area contributed by atoms with Crippen LogP contribution in [0.4, 0.5) is 15.3 Å². The molecule has 0 fully saturated rings. The van der Waals surface area contributed by atoms with Crippen LogP contribution in [-0.2, 0) is 14.9 Å². The highest BCUT2D eigenvalue weighted by Crippen LogP contribution is 2.26. The number of rotatable bonds is 5. The zero-order chi connectivity index (χ0) is 24.9. The van der Waals surface area contributed by atoms with E-state index in [1.54, 1.807) is 57.2 Å². The second kappa shape index (κ2) is 10.3. The number of carbonyl (C=O) groups excluding carboxylic acids is 2. The third-order valence-corrected chi connectivity index (χ3v) is 6.78. The Morgan fingerprint density at radius 2 is 1.68 bits per heavy atom. The lowest BCUT2D eigenvalue weighted by Crippen LogP contribution is -2.47. The van der Waals surface area contributed by atoms with Crippen molar-refractivity contribution in [1.82, 2.24) is 8.61 Å². The molecule has 1 aliphatic heterocycles. The quantitative estimate of drug-likeness (QED) is 0.666. The Kier molecular flexibility index (Phi) is 7.63.